The zero-order chi connectivity index (χ0) is 12.9. The number of thiophene rings is 2. The molecule has 0 saturated heterocycles. The molecule has 0 unspecified atom stereocenters. The second-order valence-electron chi connectivity index (χ2n) is 4.26. The molecule has 0 N–H and O–H groups in total. The summed E-state index contributed by atoms with van der Waals surface area (Å²) < 4.78 is 0. The molecule has 0 amide bonds. The first-order chi connectivity index (χ1) is 8.69. The van der Waals surface area contributed by atoms with Crippen molar-refractivity contribution < 1.29 is 9.59 Å². The van der Waals surface area contributed by atoms with Gasteiger partial charge in [-0.15, -0.1) is 11.3 Å². The van der Waals surface area contributed by atoms with E-state index in [-0.39, 0.29) is 11.6 Å². The summed E-state index contributed by atoms with van der Waals surface area (Å²) in [5.41, 5.74) is 2.53. The van der Waals surface area contributed by atoms with Crippen LogP contribution in [0.4, 0.5) is 0 Å². The molecule has 0 fully saturated rings. The standard InChI is InChI=1S/C14H12O2S2/c1-3-9-11-12(10(4-2)18-9)14(16)8-6-17-5-7(8)13(11)15/h5-6H,3-4H2,1-2H3. The molecule has 2 aromatic rings. The molecule has 0 aliphatic heterocycles. The summed E-state index contributed by atoms with van der Waals surface area (Å²) in [5.74, 6) is 0.0716. The smallest absolute Gasteiger partial charge is 0.196 e. The molecule has 92 valence electrons. The zero-order valence-electron chi connectivity index (χ0n) is 10.2. The summed E-state index contributed by atoms with van der Waals surface area (Å²) >= 11 is 3.04. The van der Waals surface area contributed by atoms with Crippen molar-refractivity contribution in [2.45, 2.75) is 26.7 Å². The van der Waals surface area contributed by atoms with E-state index in [0.717, 1.165) is 22.6 Å². The van der Waals surface area contributed by atoms with Crippen LogP contribution in [0, 0.1) is 0 Å². The van der Waals surface area contributed by atoms with Crippen LogP contribution in [-0.2, 0) is 12.8 Å². The first-order valence-electron chi connectivity index (χ1n) is 5.99. The molecular formula is C14H12O2S2. The molecule has 4 heteroatoms. The monoisotopic (exact) mass is 276 g/mol. The highest BCUT2D eigenvalue weighted by molar-refractivity contribution is 7.13. The van der Waals surface area contributed by atoms with Gasteiger partial charge in [-0.3, -0.25) is 9.59 Å². The van der Waals surface area contributed by atoms with Crippen LogP contribution in [0.25, 0.3) is 0 Å². The van der Waals surface area contributed by atoms with Crippen LogP contribution in [0.1, 0.15) is 55.4 Å². The highest BCUT2D eigenvalue weighted by Gasteiger charge is 2.35. The molecule has 0 saturated carbocycles. The third kappa shape index (κ3) is 1.39. The minimum absolute atomic E-state index is 0.0358. The molecule has 3 rings (SSSR count). The van der Waals surface area contributed by atoms with Crippen molar-refractivity contribution in [3.63, 3.8) is 0 Å². The van der Waals surface area contributed by atoms with E-state index in [1.54, 1.807) is 22.1 Å². The number of fused-ring (bicyclic) bond motifs is 2. The van der Waals surface area contributed by atoms with E-state index in [4.69, 9.17) is 0 Å². The predicted molar refractivity (Wildman–Crippen MR) is 74.3 cm³/mol. The van der Waals surface area contributed by atoms with Crippen molar-refractivity contribution in [3.8, 4) is 0 Å². The first-order valence-corrected chi connectivity index (χ1v) is 7.75. The highest BCUT2D eigenvalue weighted by atomic mass is 32.1. The summed E-state index contributed by atoms with van der Waals surface area (Å²) in [4.78, 5) is 27.1. The average Bonchev–Trinajstić information content (AvgIpc) is 3.00. The van der Waals surface area contributed by atoms with Crippen molar-refractivity contribution in [3.05, 3.63) is 42.8 Å². The largest absolute Gasteiger partial charge is 0.288 e. The molecule has 0 spiro atoms. The number of rotatable bonds is 2. The van der Waals surface area contributed by atoms with Gasteiger partial charge >= 0.3 is 0 Å². The molecule has 1 aliphatic rings. The van der Waals surface area contributed by atoms with Gasteiger partial charge in [-0.25, -0.2) is 0 Å². The van der Waals surface area contributed by atoms with Gasteiger partial charge in [0, 0.05) is 42.8 Å². The molecule has 2 aromatic heterocycles. The molecule has 2 heterocycles. The van der Waals surface area contributed by atoms with E-state index in [0.29, 0.717) is 22.3 Å². The molecule has 0 aromatic carbocycles. The molecule has 0 radical (unpaired) electrons. The second kappa shape index (κ2) is 4.14. The molecule has 0 atom stereocenters. The fourth-order valence-electron chi connectivity index (χ4n) is 2.43. The maximum absolute atomic E-state index is 12.5. The van der Waals surface area contributed by atoms with E-state index in [1.807, 2.05) is 13.8 Å². The third-order valence-electron chi connectivity index (χ3n) is 3.30. The van der Waals surface area contributed by atoms with Crippen molar-refractivity contribution >= 4 is 34.2 Å². The minimum atomic E-state index is 0.0358. The number of carbonyl (C=O) groups is 2. The van der Waals surface area contributed by atoms with Crippen molar-refractivity contribution in [2.75, 3.05) is 0 Å². The van der Waals surface area contributed by atoms with Gasteiger partial charge in [0.15, 0.2) is 11.6 Å². The van der Waals surface area contributed by atoms with Crippen LogP contribution >= 0.6 is 22.7 Å². The zero-order valence-corrected chi connectivity index (χ0v) is 11.8. The highest BCUT2D eigenvalue weighted by Crippen LogP contribution is 2.38. The Kier molecular flexibility index (Phi) is 2.72. The van der Waals surface area contributed by atoms with Crippen LogP contribution in [0.5, 0.6) is 0 Å². The molecule has 2 nitrogen and oxygen atoms in total. The third-order valence-corrected chi connectivity index (χ3v) is 5.52. The van der Waals surface area contributed by atoms with Crippen LogP contribution in [0.3, 0.4) is 0 Å². The van der Waals surface area contributed by atoms with E-state index in [1.165, 1.54) is 11.3 Å². The molecule has 18 heavy (non-hydrogen) atoms. The fourth-order valence-corrected chi connectivity index (χ4v) is 4.41. The van der Waals surface area contributed by atoms with Crippen LogP contribution < -0.4 is 0 Å². The number of ketones is 2. The Morgan fingerprint density at radius 1 is 0.889 bits per heavy atom. The maximum atomic E-state index is 12.5. The van der Waals surface area contributed by atoms with Crippen LogP contribution in [0.15, 0.2) is 10.8 Å². The lowest BCUT2D eigenvalue weighted by molar-refractivity contribution is 0.0980. The predicted octanol–water partition coefficient (Wildman–Crippen LogP) is 3.71. The first kappa shape index (κ1) is 11.8. The fraction of sp³-hybridized carbons (Fsp3) is 0.286. The number of hydrogen-bond donors (Lipinski definition) is 0. The Balaban J connectivity index is 2.33. The van der Waals surface area contributed by atoms with Gasteiger partial charge < -0.3 is 0 Å². The van der Waals surface area contributed by atoms with Gasteiger partial charge in [-0.05, 0) is 12.8 Å². The minimum Gasteiger partial charge on any atom is -0.288 e. The second-order valence-corrected chi connectivity index (χ2v) is 6.20. The maximum Gasteiger partial charge on any atom is 0.196 e. The Hall–Kier alpha value is -1.26. The molecular weight excluding hydrogens is 264 g/mol. The lowest BCUT2D eigenvalue weighted by atomic mass is 9.86. The quantitative estimate of drug-likeness (QED) is 0.715. The van der Waals surface area contributed by atoms with Gasteiger partial charge in [-0.2, -0.15) is 11.3 Å². The summed E-state index contributed by atoms with van der Waals surface area (Å²) in [6, 6.07) is 0. The van der Waals surface area contributed by atoms with Gasteiger partial charge in [0.2, 0.25) is 0 Å². The summed E-state index contributed by atoms with van der Waals surface area (Å²) in [6.07, 6.45) is 1.62. The normalized spacial score (nSPS) is 13.7. The van der Waals surface area contributed by atoms with Gasteiger partial charge in [0.05, 0.1) is 0 Å². The Bertz CT molecular complexity index is 608. The molecule has 0 bridgehead atoms. The van der Waals surface area contributed by atoms with Gasteiger partial charge in [0.1, 0.15) is 0 Å². The Morgan fingerprint density at radius 3 is 1.72 bits per heavy atom. The SMILES string of the molecule is CCc1sc(CC)c2c1C(=O)c1cscc1C2=O. The van der Waals surface area contributed by atoms with Crippen molar-refractivity contribution in [1.82, 2.24) is 0 Å². The lowest BCUT2D eigenvalue weighted by Gasteiger charge is -2.12. The lowest BCUT2D eigenvalue weighted by Crippen LogP contribution is -2.19. The van der Waals surface area contributed by atoms with E-state index in [2.05, 4.69) is 0 Å². The average molecular weight is 276 g/mol. The van der Waals surface area contributed by atoms with E-state index in [9.17, 15) is 9.59 Å². The summed E-state index contributed by atoms with van der Waals surface area (Å²) in [5, 5.41) is 3.59. The van der Waals surface area contributed by atoms with Crippen LogP contribution in [0.2, 0.25) is 0 Å². The van der Waals surface area contributed by atoms with Crippen molar-refractivity contribution in [2.24, 2.45) is 0 Å². The Morgan fingerprint density at radius 2 is 1.33 bits per heavy atom. The van der Waals surface area contributed by atoms with Gasteiger partial charge in [0.25, 0.3) is 0 Å². The van der Waals surface area contributed by atoms with E-state index < -0.39 is 0 Å². The summed E-state index contributed by atoms with van der Waals surface area (Å²) in [7, 11) is 0. The number of hydrogen-bond acceptors (Lipinski definition) is 4. The van der Waals surface area contributed by atoms with Crippen molar-refractivity contribution in [1.29, 1.82) is 0 Å². The summed E-state index contributed by atoms with van der Waals surface area (Å²) in [6.45, 7) is 4.07. The molecule has 1 aliphatic carbocycles. The Labute approximate surface area is 113 Å². The van der Waals surface area contributed by atoms with E-state index >= 15 is 0 Å². The number of aryl methyl sites for hydroxylation is 2. The van der Waals surface area contributed by atoms with Crippen LogP contribution in [-0.4, -0.2) is 11.6 Å². The topological polar surface area (TPSA) is 34.1 Å². The number of carbonyl (C=O) groups excluding carboxylic acids is 2. The van der Waals surface area contributed by atoms with Gasteiger partial charge in [-0.1, -0.05) is 13.8 Å².